The third-order valence-corrected chi connectivity index (χ3v) is 5.68. The van der Waals surface area contributed by atoms with Crippen LogP contribution in [0, 0.1) is 10.1 Å². The van der Waals surface area contributed by atoms with Crippen molar-refractivity contribution in [3.8, 4) is 5.75 Å². The first-order valence-electron chi connectivity index (χ1n) is 9.06. The van der Waals surface area contributed by atoms with E-state index in [1.54, 1.807) is 23.5 Å². The lowest BCUT2D eigenvalue weighted by atomic mass is 10.1. The summed E-state index contributed by atoms with van der Waals surface area (Å²) in [5.41, 5.74) is 1.64. The number of thiophene rings is 1. The van der Waals surface area contributed by atoms with Crippen LogP contribution < -0.4 is 4.74 Å². The van der Waals surface area contributed by atoms with Crippen LogP contribution in [-0.2, 0) is 29.2 Å². The van der Waals surface area contributed by atoms with E-state index in [1.165, 1.54) is 4.88 Å². The summed E-state index contributed by atoms with van der Waals surface area (Å²) >= 11 is 1.71. The van der Waals surface area contributed by atoms with Crippen molar-refractivity contribution in [2.45, 2.75) is 38.6 Å². The minimum atomic E-state index is -0.359. The van der Waals surface area contributed by atoms with Gasteiger partial charge in [0.05, 0.1) is 17.6 Å². The van der Waals surface area contributed by atoms with E-state index in [4.69, 9.17) is 14.2 Å². The summed E-state index contributed by atoms with van der Waals surface area (Å²) in [7, 11) is 0. The summed E-state index contributed by atoms with van der Waals surface area (Å²) in [5, 5.41) is 13.4. The Labute approximate surface area is 161 Å². The Morgan fingerprint density at radius 2 is 2.26 bits per heavy atom. The Kier molecular flexibility index (Phi) is 5.68. The number of ether oxygens (including phenoxy) is 3. The number of non-ortho nitro benzene ring substituents is 1. The smallest absolute Gasteiger partial charge is 0.270 e. The molecule has 0 bridgehead atoms. The van der Waals surface area contributed by atoms with E-state index in [2.05, 4.69) is 16.3 Å². The molecule has 7 nitrogen and oxygen atoms in total. The summed E-state index contributed by atoms with van der Waals surface area (Å²) in [5.74, 6) is 0.718. The van der Waals surface area contributed by atoms with Crippen molar-refractivity contribution in [1.29, 1.82) is 0 Å². The van der Waals surface area contributed by atoms with Gasteiger partial charge in [0.2, 0.25) is 0 Å². The molecular weight excluding hydrogens is 368 g/mol. The van der Waals surface area contributed by atoms with Gasteiger partial charge in [-0.05, 0) is 24.3 Å². The van der Waals surface area contributed by atoms with Gasteiger partial charge in [-0.2, -0.15) is 0 Å². The first-order chi connectivity index (χ1) is 13.2. The van der Waals surface area contributed by atoms with Crippen molar-refractivity contribution in [3.63, 3.8) is 0 Å². The molecule has 4 rings (SSSR count). The maximum absolute atomic E-state index is 11.4. The minimum Gasteiger partial charge on any atom is -0.467 e. The zero-order valence-corrected chi connectivity index (χ0v) is 15.8. The molecular formula is C19H22N2O5S. The van der Waals surface area contributed by atoms with Crippen LogP contribution in [0.5, 0.6) is 5.75 Å². The molecule has 0 radical (unpaired) electrons. The molecule has 1 unspecified atom stereocenters. The molecule has 0 spiro atoms. The molecule has 144 valence electrons. The lowest BCUT2D eigenvalue weighted by molar-refractivity contribution is -0.385. The lowest BCUT2D eigenvalue weighted by Gasteiger charge is -2.27. The van der Waals surface area contributed by atoms with Gasteiger partial charge in [0.25, 0.3) is 5.69 Å². The van der Waals surface area contributed by atoms with Gasteiger partial charge < -0.3 is 14.2 Å². The highest BCUT2D eigenvalue weighted by Crippen LogP contribution is 2.34. The quantitative estimate of drug-likeness (QED) is 0.530. The second kappa shape index (κ2) is 8.35. The van der Waals surface area contributed by atoms with Crippen LogP contribution in [0.1, 0.15) is 28.8 Å². The van der Waals surface area contributed by atoms with Gasteiger partial charge in [0.1, 0.15) is 5.75 Å². The van der Waals surface area contributed by atoms with Crippen LogP contribution in [0.2, 0.25) is 0 Å². The monoisotopic (exact) mass is 390 g/mol. The Morgan fingerprint density at radius 1 is 1.33 bits per heavy atom. The average Bonchev–Trinajstić information content (AvgIpc) is 3.35. The molecule has 0 N–H and O–H groups in total. The third-order valence-electron chi connectivity index (χ3n) is 4.82. The van der Waals surface area contributed by atoms with Crippen LogP contribution in [-0.4, -0.2) is 35.9 Å². The highest BCUT2D eigenvalue weighted by Gasteiger charge is 2.25. The number of fused-ring (bicyclic) bond motifs is 1. The van der Waals surface area contributed by atoms with E-state index in [0.29, 0.717) is 13.2 Å². The Balaban J connectivity index is 1.60. The van der Waals surface area contributed by atoms with Gasteiger partial charge in [-0.15, -0.1) is 11.3 Å². The fourth-order valence-electron chi connectivity index (χ4n) is 3.63. The number of hydrogen-bond donors (Lipinski definition) is 0. The number of nitro groups is 1. The first kappa shape index (κ1) is 18.4. The molecule has 8 heteroatoms. The molecule has 27 heavy (non-hydrogen) atoms. The summed E-state index contributed by atoms with van der Waals surface area (Å²) in [6.45, 7) is 3.47. The highest BCUT2D eigenvalue weighted by atomic mass is 32.1. The summed E-state index contributed by atoms with van der Waals surface area (Å²) in [6, 6.07) is 7.32. The van der Waals surface area contributed by atoms with Crippen LogP contribution >= 0.6 is 11.3 Å². The molecule has 3 heterocycles. The highest BCUT2D eigenvalue weighted by molar-refractivity contribution is 7.09. The van der Waals surface area contributed by atoms with E-state index in [0.717, 1.165) is 49.4 Å². The van der Waals surface area contributed by atoms with Crippen molar-refractivity contribution in [3.05, 3.63) is 55.8 Å². The van der Waals surface area contributed by atoms with E-state index in [-0.39, 0.29) is 23.5 Å². The molecule has 2 aliphatic heterocycles. The van der Waals surface area contributed by atoms with Gasteiger partial charge in [-0.3, -0.25) is 15.0 Å². The Morgan fingerprint density at radius 3 is 3.00 bits per heavy atom. The zero-order chi connectivity index (χ0) is 18.6. The molecule has 2 aliphatic rings. The second-order valence-electron chi connectivity index (χ2n) is 6.84. The summed E-state index contributed by atoms with van der Waals surface area (Å²) < 4.78 is 16.8. The number of hydrogen-bond acceptors (Lipinski definition) is 7. The molecule has 1 aromatic carbocycles. The summed E-state index contributed by atoms with van der Waals surface area (Å²) in [6.07, 6.45) is 2.35. The number of nitro benzene ring substituents is 1. The van der Waals surface area contributed by atoms with Crippen molar-refractivity contribution in [2.75, 3.05) is 19.9 Å². The van der Waals surface area contributed by atoms with Crippen molar-refractivity contribution >= 4 is 17.0 Å². The number of benzene rings is 1. The summed E-state index contributed by atoms with van der Waals surface area (Å²) in [4.78, 5) is 14.5. The predicted molar refractivity (Wildman–Crippen MR) is 101 cm³/mol. The van der Waals surface area contributed by atoms with Gasteiger partial charge >= 0.3 is 0 Å². The van der Waals surface area contributed by atoms with E-state index in [9.17, 15) is 10.1 Å². The average molecular weight is 390 g/mol. The molecule has 1 aromatic heterocycles. The maximum atomic E-state index is 11.4. The molecule has 2 aromatic rings. The van der Waals surface area contributed by atoms with Gasteiger partial charge in [-0.1, -0.05) is 6.07 Å². The van der Waals surface area contributed by atoms with Crippen LogP contribution in [0.4, 0.5) is 5.69 Å². The minimum absolute atomic E-state index is 0.0750. The number of nitrogens with zero attached hydrogens (tertiary/aromatic N) is 2. The molecule has 1 fully saturated rings. The zero-order valence-electron chi connectivity index (χ0n) is 15.0. The van der Waals surface area contributed by atoms with Crippen molar-refractivity contribution < 1.29 is 19.1 Å². The Hall–Kier alpha value is -2.00. The van der Waals surface area contributed by atoms with E-state index >= 15 is 0 Å². The topological polar surface area (TPSA) is 74.1 Å². The van der Waals surface area contributed by atoms with Crippen molar-refractivity contribution in [1.82, 2.24) is 4.90 Å². The lowest BCUT2D eigenvalue weighted by Crippen LogP contribution is -2.31. The van der Waals surface area contributed by atoms with E-state index < -0.39 is 0 Å². The molecule has 0 amide bonds. The van der Waals surface area contributed by atoms with Gasteiger partial charge in [0, 0.05) is 54.4 Å². The molecule has 0 aliphatic carbocycles. The van der Waals surface area contributed by atoms with Gasteiger partial charge in [0.15, 0.2) is 6.79 Å². The second-order valence-corrected chi connectivity index (χ2v) is 7.88. The third kappa shape index (κ3) is 4.47. The van der Waals surface area contributed by atoms with E-state index in [1.807, 2.05) is 6.07 Å². The van der Waals surface area contributed by atoms with Crippen LogP contribution in [0.25, 0.3) is 0 Å². The Bertz CT molecular complexity index is 790. The first-order valence-corrected chi connectivity index (χ1v) is 9.94. The standard InChI is InChI=1S/C19H22N2O5S/c22-21(23)16-7-14(19-15(8-16)12-24-13-26-19)9-20(10-17-3-1-5-25-17)11-18-4-2-6-27-18/h2,4,6-8,17H,1,3,5,9-13H2. The predicted octanol–water partition coefficient (Wildman–Crippen LogP) is 3.70. The SMILES string of the molecule is O=[N+]([O-])c1cc2c(c(CN(Cc3cccs3)CC3CCCO3)c1)OCOC2. The normalized spacial score (nSPS) is 19.1. The molecule has 1 atom stereocenters. The largest absolute Gasteiger partial charge is 0.467 e. The fourth-order valence-corrected chi connectivity index (χ4v) is 4.38. The van der Waals surface area contributed by atoms with Gasteiger partial charge in [-0.25, -0.2) is 0 Å². The molecule has 1 saturated heterocycles. The molecule has 0 saturated carbocycles. The van der Waals surface area contributed by atoms with Crippen LogP contribution in [0.3, 0.4) is 0 Å². The number of rotatable bonds is 7. The van der Waals surface area contributed by atoms with Crippen LogP contribution in [0.15, 0.2) is 29.6 Å². The van der Waals surface area contributed by atoms with Crippen molar-refractivity contribution in [2.24, 2.45) is 0 Å². The maximum Gasteiger partial charge on any atom is 0.270 e. The fraction of sp³-hybridized carbons (Fsp3) is 0.474.